The first-order valence-electron chi connectivity index (χ1n) is 23.2. The zero-order valence-corrected chi connectivity index (χ0v) is 38.4. The summed E-state index contributed by atoms with van der Waals surface area (Å²) in [5.74, 6) is 0. The average molecular weight is 871 g/mol. The van der Waals surface area contributed by atoms with Gasteiger partial charge in [-0.25, -0.2) is 0 Å². The van der Waals surface area contributed by atoms with Gasteiger partial charge >= 0.3 is 0 Å². The first-order valence-corrected chi connectivity index (χ1v) is 23.2. The maximum absolute atomic E-state index is 11.0. The fraction of sp³-hybridized carbons (Fsp3) is 0.0625. The smallest absolute Gasteiger partial charge is 0.0998 e. The molecule has 0 N–H and O–H groups in total. The van der Waals surface area contributed by atoms with Crippen LogP contribution in [-0.4, -0.2) is 14.1 Å². The van der Waals surface area contributed by atoms with E-state index >= 15 is 0 Å². The van der Waals surface area contributed by atoms with Gasteiger partial charge in [-0.2, -0.15) is 5.26 Å². The Morgan fingerprint density at radius 3 is 1.00 bits per heavy atom. The summed E-state index contributed by atoms with van der Waals surface area (Å²) in [7, 11) is 0. The summed E-state index contributed by atoms with van der Waals surface area (Å²) >= 11 is 0. The van der Waals surface area contributed by atoms with E-state index in [1.807, 2.05) is 30.6 Å². The van der Waals surface area contributed by atoms with Gasteiger partial charge in [0.15, 0.2) is 0 Å². The first-order chi connectivity index (χ1) is 33.3. The Morgan fingerprint density at radius 1 is 0.353 bits per heavy atom. The number of aromatic nitrogens is 3. The van der Waals surface area contributed by atoms with Gasteiger partial charge in [-0.05, 0) is 103 Å². The van der Waals surface area contributed by atoms with Crippen molar-refractivity contribution < 1.29 is 0 Å². The van der Waals surface area contributed by atoms with Crippen LogP contribution in [0.25, 0.3) is 111 Å². The predicted octanol–water partition coefficient (Wildman–Crippen LogP) is 16.7. The van der Waals surface area contributed by atoms with Crippen molar-refractivity contribution in [3.63, 3.8) is 0 Å². The maximum Gasteiger partial charge on any atom is 0.0998 e. The molecule has 0 atom stereocenters. The Bertz CT molecular complexity index is 3610. The highest BCUT2D eigenvalue weighted by Crippen LogP contribution is 2.45. The lowest BCUT2D eigenvalue weighted by Gasteiger charge is -2.20. The number of rotatable bonds is 7. The van der Waals surface area contributed by atoms with Crippen LogP contribution in [0.2, 0.25) is 0 Å². The van der Waals surface area contributed by atoms with Gasteiger partial charge in [-0.15, -0.1) is 0 Å². The third-order valence-corrected chi connectivity index (χ3v) is 13.6. The summed E-state index contributed by atoms with van der Waals surface area (Å²) < 4.78 is 4.79. The molecule has 12 aromatic rings. The molecule has 0 saturated heterocycles. The van der Waals surface area contributed by atoms with Gasteiger partial charge in [0.2, 0.25) is 0 Å². The van der Waals surface area contributed by atoms with Crippen LogP contribution in [0, 0.1) is 39.0 Å². The Kier molecular flexibility index (Phi) is 9.74. The maximum atomic E-state index is 11.0. The van der Waals surface area contributed by atoms with Gasteiger partial charge in [0, 0.05) is 32.7 Å². The molecule has 0 spiro atoms. The minimum atomic E-state index is 0.588. The van der Waals surface area contributed by atoms with Crippen molar-refractivity contribution >= 4 is 43.6 Å². The monoisotopic (exact) mass is 870 g/mol. The van der Waals surface area contributed by atoms with Crippen molar-refractivity contribution in [2.45, 2.75) is 27.7 Å². The first kappa shape index (κ1) is 40.7. The van der Waals surface area contributed by atoms with Crippen LogP contribution in [-0.2, 0) is 0 Å². The lowest BCUT2D eigenvalue weighted by atomic mass is 9.97. The number of nitriles is 1. The number of hydrogen-bond acceptors (Lipinski definition) is 2. The molecule has 0 saturated carbocycles. The Morgan fingerprint density at radius 2 is 0.676 bits per heavy atom. The minimum Gasteiger partial charge on any atom is -0.307 e. The van der Waals surface area contributed by atoms with Crippen LogP contribution < -0.4 is 0 Å². The molecule has 3 heterocycles. The van der Waals surface area contributed by atoms with E-state index < -0.39 is 0 Å². The van der Waals surface area contributed by atoms with E-state index in [-0.39, 0.29) is 0 Å². The molecular weight excluding hydrogens is 825 g/mol. The topological polar surface area (TPSA) is 46.5 Å². The summed E-state index contributed by atoms with van der Waals surface area (Å²) in [4.78, 5) is 5.21. The zero-order valence-electron chi connectivity index (χ0n) is 38.4. The normalized spacial score (nSPS) is 11.5. The molecular formula is C64H46N4. The third-order valence-electron chi connectivity index (χ3n) is 13.6. The molecule has 0 aliphatic heterocycles. The molecule has 9 aromatic carbocycles. The summed E-state index contributed by atoms with van der Waals surface area (Å²) in [5, 5.41) is 15.5. The molecule has 0 aliphatic carbocycles. The quantitative estimate of drug-likeness (QED) is 0.160. The third kappa shape index (κ3) is 6.87. The van der Waals surface area contributed by atoms with Crippen LogP contribution in [0.15, 0.2) is 207 Å². The number of benzene rings is 9. The van der Waals surface area contributed by atoms with E-state index in [2.05, 4.69) is 219 Å². The average Bonchev–Trinajstić information content (AvgIpc) is 3.87. The van der Waals surface area contributed by atoms with Crippen LogP contribution in [0.4, 0.5) is 0 Å². The number of pyridine rings is 1. The van der Waals surface area contributed by atoms with Gasteiger partial charge in [0.05, 0.1) is 57.5 Å². The Balaban J connectivity index is 1.23. The second-order valence-corrected chi connectivity index (χ2v) is 18.3. The number of fused-ring (bicyclic) bond motifs is 6. The number of nitrogens with zero attached hydrogens (tertiary/aromatic N) is 4. The molecule has 4 nitrogen and oxygen atoms in total. The fourth-order valence-electron chi connectivity index (χ4n) is 10.4. The van der Waals surface area contributed by atoms with Gasteiger partial charge in [0.1, 0.15) is 0 Å². The number of aryl methyl sites for hydroxylation is 4. The Labute approximate surface area is 396 Å². The second-order valence-electron chi connectivity index (χ2n) is 18.3. The molecule has 0 bridgehead atoms. The van der Waals surface area contributed by atoms with Gasteiger partial charge in [-0.1, -0.05) is 186 Å². The molecule has 0 amide bonds. The fourth-order valence-corrected chi connectivity index (χ4v) is 10.4. The second kappa shape index (κ2) is 16.3. The van der Waals surface area contributed by atoms with Crippen LogP contribution >= 0.6 is 0 Å². The van der Waals surface area contributed by atoms with Gasteiger partial charge < -0.3 is 9.13 Å². The lowest BCUT2D eigenvalue weighted by Crippen LogP contribution is -2.06. The summed E-state index contributed by atoms with van der Waals surface area (Å²) in [6.45, 7) is 8.57. The molecule has 4 heteroatoms. The SMILES string of the molecule is Cc1cccc(-c2ccc3c4ccc(-c5cccc(C)c5)cc4n(-c4cncc(-n5c6cc(-c7cccc(C)c7)ccc6c6ccc(-c7cccc(C)c7)cc65)c4-c4ccccc4C#N)c3c2)c1. The summed E-state index contributed by atoms with van der Waals surface area (Å²) in [5.41, 5.74) is 22.3. The lowest BCUT2D eigenvalue weighted by molar-refractivity contribution is 1.09. The highest BCUT2D eigenvalue weighted by Gasteiger charge is 2.25. The van der Waals surface area contributed by atoms with E-state index in [9.17, 15) is 5.26 Å². The summed E-state index contributed by atoms with van der Waals surface area (Å²) in [6.07, 6.45) is 3.99. The van der Waals surface area contributed by atoms with Crippen molar-refractivity contribution in [3.8, 4) is 73.1 Å². The van der Waals surface area contributed by atoms with Crippen LogP contribution in [0.3, 0.4) is 0 Å². The predicted molar refractivity (Wildman–Crippen MR) is 284 cm³/mol. The largest absolute Gasteiger partial charge is 0.307 e. The van der Waals surface area contributed by atoms with E-state index in [4.69, 9.17) is 4.98 Å². The highest BCUT2D eigenvalue weighted by atomic mass is 15.0. The molecule has 12 rings (SSSR count). The van der Waals surface area contributed by atoms with Crippen molar-refractivity contribution in [1.29, 1.82) is 5.26 Å². The molecule has 0 aliphatic rings. The van der Waals surface area contributed by atoms with Crippen molar-refractivity contribution in [2.75, 3.05) is 0 Å². The Hall–Kier alpha value is -8.78. The molecule has 68 heavy (non-hydrogen) atoms. The van der Waals surface area contributed by atoms with Crippen LogP contribution in [0.1, 0.15) is 27.8 Å². The molecule has 322 valence electrons. The minimum absolute atomic E-state index is 0.588. The van der Waals surface area contributed by atoms with Crippen LogP contribution in [0.5, 0.6) is 0 Å². The molecule has 3 aromatic heterocycles. The number of hydrogen-bond donors (Lipinski definition) is 0. The van der Waals surface area contributed by atoms with Crippen molar-refractivity contribution in [1.82, 2.24) is 14.1 Å². The van der Waals surface area contributed by atoms with E-state index in [1.165, 1.54) is 22.3 Å². The molecule has 0 radical (unpaired) electrons. The summed E-state index contributed by atoms with van der Waals surface area (Å²) in [6, 6.07) is 72.8. The standard InChI is InChI=1S/C64H46N4/c1-40-11-7-16-44(29-40)48-21-25-54-55-26-22-49(45-17-8-12-41(2)30-45)34-59(55)67(58(54)33-48)62-38-66-39-63(64(62)53-20-6-5-15-52(53)37-65)68-60-35-50(46-18-9-13-42(3)31-46)23-27-56(60)57-28-24-51(36-61(57)68)47-19-10-14-43(4)32-47/h5-36,38-39H,1-4H3. The van der Waals surface area contributed by atoms with Gasteiger partial charge in [0.25, 0.3) is 0 Å². The van der Waals surface area contributed by atoms with E-state index in [1.54, 1.807) is 0 Å². The molecule has 0 unspecified atom stereocenters. The van der Waals surface area contributed by atoms with Crippen molar-refractivity contribution in [2.24, 2.45) is 0 Å². The van der Waals surface area contributed by atoms with E-state index in [0.29, 0.717) is 5.56 Å². The van der Waals surface area contributed by atoms with E-state index in [0.717, 1.165) is 111 Å². The van der Waals surface area contributed by atoms with Gasteiger partial charge in [-0.3, -0.25) is 4.98 Å². The van der Waals surface area contributed by atoms with Crippen molar-refractivity contribution in [3.05, 3.63) is 234 Å². The highest BCUT2D eigenvalue weighted by molar-refractivity contribution is 6.14. The zero-order chi connectivity index (χ0) is 46.0. The molecule has 0 fully saturated rings.